The molecule has 0 saturated carbocycles. The predicted molar refractivity (Wildman–Crippen MR) is 79.1 cm³/mol. The normalized spacial score (nSPS) is 10.4. The molecule has 18 heavy (non-hydrogen) atoms. The highest BCUT2D eigenvalue weighted by Crippen LogP contribution is 2.25. The zero-order chi connectivity index (χ0) is 13.1. The van der Waals surface area contributed by atoms with Crippen molar-refractivity contribution in [1.82, 2.24) is 0 Å². The Morgan fingerprint density at radius 2 is 1.78 bits per heavy atom. The summed E-state index contributed by atoms with van der Waals surface area (Å²) in [7, 11) is 0. The van der Waals surface area contributed by atoms with Crippen LogP contribution in [0.1, 0.15) is 22.3 Å². The number of rotatable bonds is 3. The molecule has 0 aromatic heterocycles. The average molecular weight is 305 g/mol. The lowest BCUT2D eigenvalue weighted by molar-refractivity contribution is 0.303. The van der Waals surface area contributed by atoms with Gasteiger partial charge < -0.3 is 4.74 Å². The summed E-state index contributed by atoms with van der Waals surface area (Å²) in [6, 6.07) is 12.4. The van der Waals surface area contributed by atoms with E-state index in [2.05, 4.69) is 54.9 Å². The molecule has 1 nitrogen and oxygen atoms in total. The van der Waals surface area contributed by atoms with E-state index in [0.717, 1.165) is 15.8 Å². The third-order valence-corrected chi connectivity index (χ3v) is 3.88. The smallest absolute Gasteiger partial charge is 0.123 e. The van der Waals surface area contributed by atoms with Crippen molar-refractivity contribution in [3.8, 4) is 5.75 Å². The van der Waals surface area contributed by atoms with Gasteiger partial charge in [-0.1, -0.05) is 40.2 Å². The number of hydrogen-bond acceptors (Lipinski definition) is 1. The van der Waals surface area contributed by atoms with Gasteiger partial charge >= 0.3 is 0 Å². The second-order valence-electron chi connectivity index (χ2n) is 4.59. The molecule has 2 heteroatoms. The molecule has 2 rings (SSSR count). The SMILES string of the molecule is Cc1cc(C)c(C)c(OCc2ccccc2Br)c1. The number of hydrogen-bond donors (Lipinski definition) is 0. The molecule has 0 bridgehead atoms. The van der Waals surface area contributed by atoms with Crippen LogP contribution in [0.2, 0.25) is 0 Å². The fourth-order valence-electron chi connectivity index (χ4n) is 1.92. The highest BCUT2D eigenvalue weighted by Gasteiger charge is 2.05. The van der Waals surface area contributed by atoms with Gasteiger partial charge in [0.25, 0.3) is 0 Å². The lowest BCUT2D eigenvalue weighted by Crippen LogP contribution is -1.99. The zero-order valence-electron chi connectivity index (χ0n) is 11.0. The Hall–Kier alpha value is -1.28. The van der Waals surface area contributed by atoms with E-state index in [1.807, 2.05) is 18.2 Å². The first-order chi connectivity index (χ1) is 8.58. The summed E-state index contributed by atoms with van der Waals surface area (Å²) in [5, 5.41) is 0. The maximum atomic E-state index is 5.94. The molecule has 0 amide bonds. The van der Waals surface area contributed by atoms with E-state index >= 15 is 0 Å². The monoisotopic (exact) mass is 304 g/mol. The highest BCUT2D eigenvalue weighted by atomic mass is 79.9. The van der Waals surface area contributed by atoms with E-state index < -0.39 is 0 Å². The summed E-state index contributed by atoms with van der Waals surface area (Å²) in [6.07, 6.45) is 0. The van der Waals surface area contributed by atoms with Gasteiger partial charge in [0.1, 0.15) is 12.4 Å². The van der Waals surface area contributed by atoms with E-state index in [-0.39, 0.29) is 0 Å². The van der Waals surface area contributed by atoms with E-state index in [1.54, 1.807) is 0 Å². The van der Waals surface area contributed by atoms with Crippen molar-refractivity contribution in [3.63, 3.8) is 0 Å². The minimum Gasteiger partial charge on any atom is -0.489 e. The summed E-state index contributed by atoms with van der Waals surface area (Å²) in [5.41, 5.74) is 4.89. The Morgan fingerprint density at radius 3 is 2.50 bits per heavy atom. The lowest BCUT2D eigenvalue weighted by atomic mass is 10.1. The Labute approximate surface area is 117 Å². The second kappa shape index (κ2) is 5.57. The molecular weight excluding hydrogens is 288 g/mol. The molecule has 0 aliphatic rings. The summed E-state index contributed by atoms with van der Waals surface area (Å²) >= 11 is 3.54. The van der Waals surface area contributed by atoms with E-state index in [0.29, 0.717) is 6.61 Å². The Bertz CT molecular complexity index is 561. The first-order valence-corrected chi connectivity index (χ1v) is 6.81. The summed E-state index contributed by atoms with van der Waals surface area (Å²) in [6.45, 7) is 6.90. The average Bonchev–Trinajstić information content (AvgIpc) is 2.33. The van der Waals surface area contributed by atoms with Crippen LogP contribution in [0.5, 0.6) is 5.75 Å². The summed E-state index contributed by atoms with van der Waals surface area (Å²) in [4.78, 5) is 0. The molecule has 2 aromatic rings. The van der Waals surface area contributed by atoms with Crippen molar-refractivity contribution in [1.29, 1.82) is 0 Å². The maximum absolute atomic E-state index is 5.94. The summed E-state index contributed by atoms with van der Waals surface area (Å²) < 4.78 is 7.03. The van der Waals surface area contributed by atoms with Gasteiger partial charge in [-0.05, 0) is 49.6 Å². The lowest BCUT2D eigenvalue weighted by Gasteiger charge is -2.13. The molecule has 0 atom stereocenters. The van der Waals surface area contributed by atoms with E-state index in [9.17, 15) is 0 Å². The van der Waals surface area contributed by atoms with Crippen LogP contribution < -0.4 is 4.74 Å². The second-order valence-corrected chi connectivity index (χ2v) is 5.44. The third kappa shape index (κ3) is 2.94. The summed E-state index contributed by atoms with van der Waals surface area (Å²) in [5.74, 6) is 0.975. The number of aryl methyl sites for hydroxylation is 2. The molecular formula is C16H17BrO. The minimum absolute atomic E-state index is 0.588. The fraction of sp³-hybridized carbons (Fsp3) is 0.250. The molecule has 0 N–H and O–H groups in total. The predicted octanol–water partition coefficient (Wildman–Crippen LogP) is 4.95. The van der Waals surface area contributed by atoms with Crippen LogP contribution in [0, 0.1) is 20.8 Å². The molecule has 0 fully saturated rings. The van der Waals surface area contributed by atoms with Crippen LogP contribution >= 0.6 is 15.9 Å². The topological polar surface area (TPSA) is 9.23 Å². The van der Waals surface area contributed by atoms with Crippen molar-refractivity contribution in [2.45, 2.75) is 27.4 Å². The Morgan fingerprint density at radius 1 is 1.06 bits per heavy atom. The van der Waals surface area contributed by atoms with Crippen LogP contribution in [0.15, 0.2) is 40.9 Å². The molecule has 0 spiro atoms. The van der Waals surface area contributed by atoms with Crippen LogP contribution in [0.4, 0.5) is 0 Å². The van der Waals surface area contributed by atoms with Crippen LogP contribution in [-0.2, 0) is 6.61 Å². The van der Waals surface area contributed by atoms with Crippen LogP contribution in [0.25, 0.3) is 0 Å². The Balaban J connectivity index is 2.18. The minimum atomic E-state index is 0.588. The van der Waals surface area contributed by atoms with E-state index in [4.69, 9.17) is 4.74 Å². The van der Waals surface area contributed by atoms with Gasteiger partial charge in [0.05, 0.1) is 0 Å². The fourth-order valence-corrected chi connectivity index (χ4v) is 2.32. The molecule has 0 radical (unpaired) electrons. The number of ether oxygens (including phenoxy) is 1. The van der Waals surface area contributed by atoms with Gasteiger partial charge in [0.2, 0.25) is 0 Å². The largest absolute Gasteiger partial charge is 0.489 e. The van der Waals surface area contributed by atoms with Gasteiger partial charge in [-0.3, -0.25) is 0 Å². The zero-order valence-corrected chi connectivity index (χ0v) is 12.5. The van der Waals surface area contributed by atoms with Crippen LogP contribution in [0.3, 0.4) is 0 Å². The highest BCUT2D eigenvalue weighted by molar-refractivity contribution is 9.10. The van der Waals surface area contributed by atoms with Crippen molar-refractivity contribution in [2.24, 2.45) is 0 Å². The Kier molecular flexibility index (Phi) is 4.07. The molecule has 0 saturated heterocycles. The molecule has 0 unspecified atom stereocenters. The van der Waals surface area contributed by atoms with Gasteiger partial charge in [-0.25, -0.2) is 0 Å². The molecule has 0 aliphatic heterocycles. The van der Waals surface area contributed by atoms with Gasteiger partial charge in [-0.2, -0.15) is 0 Å². The first-order valence-electron chi connectivity index (χ1n) is 6.02. The van der Waals surface area contributed by atoms with Crippen LogP contribution in [-0.4, -0.2) is 0 Å². The third-order valence-electron chi connectivity index (χ3n) is 3.11. The first kappa shape index (κ1) is 13.2. The van der Waals surface area contributed by atoms with Crippen molar-refractivity contribution in [2.75, 3.05) is 0 Å². The van der Waals surface area contributed by atoms with Gasteiger partial charge in [0, 0.05) is 10.0 Å². The quantitative estimate of drug-likeness (QED) is 0.779. The number of benzene rings is 2. The van der Waals surface area contributed by atoms with E-state index in [1.165, 1.54) is 16.7 Å². The van der Waals surface area contributed by atoms with Crippen molar-refractivity contribution in [3.05, 3.63) is 63.1 Å². The van der Waals surface area contributed by atoms with Crippen molar-refractivity contribution < 1.29 is 4.74 Å². The van der Waals surface area contributed by atoms with Gasteiger partial charge in [0.15, 0.2) is 0 Å². The molecule has 0 aliphatic carbocycles. The maximum Gasteiger partial charge on any atom is 0.123 e. The number of halogens is 1. The van der Waals surface area contributed by atoms with Gasteiger partial charge in [-0.15, -0.1) is 0 Å². The van der Waals surface area contributed by atoms with Crippen molar-refractivity contribution >= 4 is 15.9 Å². The molecule has 0 heterocycles. The molecule has 94 valence electrons. The molecule has 2 aromatic carbocycles. The standard InChI is InChI=1S/C16H17BrO/c1-11-8-12(2)13(3)16(9-11)18-10-14-6-4-5-7-15(14)17/h4-9H,10H2,1-3H3.